The summed E-state index contributed by atoms with van der Waals surface area (Å²) in [5.74, 6) is -1.02. The summed E-state index contributed by atoms with van der Waals surface area (Å²) in [6.07, 6.45) is 4.35. The van der Waals surface area contributed by atoms with Crippen LogP contribution in [0.4, 0.5) is 8.78 Å². The number of hydrogen-bond donors (Lipinski definition) is 0. The Kier molecular flexibility index (Phi) is 2.47. The van der Waals surface area contributed by atoms with Gasteiger partial charge in [-0.2, -0.15) is 5.10 Å². The lowest BCUT2D eigenvalue weighted by molar-refractivity contribution is 0.251. The Hall–Kier alpha value is -2.10. The lowest BCUT2D eigenvalue weighted by atomic mass is 9.69. The van der Waals surface area contributed by atoms with Crippen LogP contribution < -0.4 is 0 Å². The molecule has 1 aromatic carbocycles. The zero-order valence-corrected chi connectivity index (χ0v) is 12.7. The number of nitrogens with zero attached hydrogens (tertiary/aromatic N) is 2. The molecule has 2 bridgehead atoms. The molecule has 0 N–H and O–H groups in total. The Morgan fingerprint density at radius 1 is 1.05 bits per heavy atom. The average Bonchev–Trinajstić information content (AvgIpc) is 2.78. The van der Waals surface area contributed by atoms with E-state index in [1.165, 1.54) is 18.2 Å². The highest BCUT2D eigenvalue weighted by Crippen LogP contribution is 2.63. The molecule has 112 valence electrons. The van der Waals surface area contributed by atoms with Gasteiger partial charge in [0.15, 0.2) is 0 Å². The van der Waals surface area contributed by atoms with Gasteiger partial charge >= 0.3 is 0 Å². The van der Waals surface area contributed by atoms with E-state index in [2.05, 4.69) is 43.1 Å². The van der Waals surface area contributed by atoms with Crippen LogP contribution in [0.3, 0.4) is 0 Å². The Bertz CT molecular complexity index is 806. The number of fused-ring (bicyclic) bond motifs is 5. The summed E-state index contributed by atoms with van der Waals surface area (Å²) < 4.78 is 28.0. The lowest BCUT2D eigenvalue weighted by Crippen LogP contribution is -2.32. The van der Waals surface area contributed by atoms with Gasteiger partial charge in [-0.1, -0.05) is 32.1 Å². The third-order valence-electron chi connectivity index (χ3n) is 5.61. The van der Waals surface area contributed by atoms with Crippen molar-refractivity contribution in [3.05, 3.63) is 59.3 Å². The van der Waals surface area contributed by atoms with E-state index in [-0.39, 0.29) is 28.0 Å². The first-order chi connectivity index (χ1) is 10.4. The summed E-state index contributed by atoms with van der Waals surface area (Å²) in [5, 5.41) is 8.44. The van der Waals surface area contributed by atoms with Crippen LogP contribution >= 0.6 is 0 Å². The van der Waals surface area contributed by atoms with E-state index in [0.717, 1.165) is 11.3 Å². The van der Waals surface area contributed by atoms with Gasteiger partial charge in [-0.25, -0.2) is 8.78 Å². The van der Waals surface area contributed by atoms with Crippen molar-refractivity contribution in [1.29, 1.82) is 0 Å². The highest BCUT2D eigenvalue weighted by Gasteiger charge is 2.57. The zero-order valence-electron chi connectivity index (χ0n) is 12.7. The van der Waals surface area contributed by atoms with Gasteiger partial charge in [0.1, 0.15) is 11.6 Å². The lowest BCUT2D eigenvalue weighted by Gasteiger charge is -2.33. The molecule has 4 heteroatoms. The molecule has 0 amide bonds. The number of aromatic nitrogens is 2. The summed E-state index contributed by atoms with van der Waals surface area (Å²) in [5.41, 5.74) is 1.93. The number of hydrogen-bond acceptors (Lipinski definition) is 2. The predicted molar refractivity (Wildman–Crippen MR) is 80.4 cm³/mol. The van der Waals surface area contributed by atoms with Crippen LogP contribution in [0, 0.1) is 17.0 Å². The fraction of sp³-hybridized carbons (Fsp3) is 0.333. The van der Waals surface area contributed by atoms with Crippen molar-refractivity contribution in [2.75, 3.05) is 0 Å². The number of rotatable bonds is 1. The van der Waals surface area contributed by atoms with Crippen LogP contribution in [0.2, 0.25) is 0 Å². The second kappa shape index (κ2) is 4.00. The summed E-state index contributed by atoms with van der Waals surface area (Å²) in [6.45, 7) is 6.54. The number of benzene rings is 1. The van der Waals surface area contributed by atoms with Gasteiger partial charge in [0.05, 0.1) is 17.0 Å². The van der Waals surface area contributed by atoms with Gasteiger partial charge in [-0.15, -0.1) is 5.10 Å². The third kappa shape index (κ3) is 1.42. The van der Waals surface area contributed by atoms with Crippen LogP contribution in [-0.2, 0) is 5.41 Å². The molecule has 2 aliphatic rings. The standard InChI is InChI=1S/C18H16F2N2/c1-17(2)11-7-8-18(17,3)16-10(11)9-14(21-22-16)15-12(19)5-4-6-13(15)20/h4-9,11H,1-3H3/t11-,18+/m0/s1. The maximum atomic E-state index is 14.0. The first-order valence-corrected chi connectivity index (χ1v) is 7.38. The summed E-state index contributed by atoms with van der Waals surface area (Å²) in [4.78, 5) is 0. The monoisotopic (exact) mass is 298 g/mol. The van der Waals surface area contributed by atoms with Gasteiger partial charge in [0.25, 0.3) is 0 Å². The van der Waals surface area contributed by atoms with Crippen molar-refractivity contribution in [1.82, 2.24) is 10.2 Å². The first kappa shape index (κ1) is 13.6. The SMILES string of the molecule is CC1(C)[C@H]2C=C[C@]1(C)c1nnc(-c3c(F)cccc3F)cc12. The quantitative estimate of drug-likeness (QED) is 0.730. The van der Waals surface area contributed by atoms with E-state index in [4.69, 9.17) is 0 Å². The van der Waals surface area contributed by atoms with Crippen LogP contribution in [0.5, 0.6) is 0 Å². The molecule has 1 heterocycles. The molecular weight excluding hydrogens is 282 g/mol. The maximum Gasteiger partial charge on any atom is 0.135 e. The summed E-state index contributed by atoms with van der Waals surface area (Å²) in [7, 11) is 0. The zero-order chi connectivity index (χ0) is 15.7. The summed E-state index contributed by atoms with van der Waals surface area (Å²) >= 11 is 0. The van der Waals surface area contributed by atoms with Crippen LogP contribution in [0.15, 0.2) is 36.4 Å². The Balaban J connectivity index is 1.93. The second-order valence-corrected chi connectivity index (χ2v) is 6.89. The Morgan fingerprint density at radius 2 is 1.73 bits per heavy atom. The van der Waals surface area contributed by atoms with Crippen molar-refractivity contribution in [2.45, 2.75) is 32.1 Å². The minimum atomic E-state index is -0.613. The van der Waals surface area contributed by atoms with Crippen LogP contribution in [0.25, 0.3) is 11.3 Å². The fourth-order valence-corrected chi connectivity index (χ4v) is 3.86. The normalized spacial score (nSPS) is 27.2. The second-order valence-electron chi connectivity index (χ2n) is 6.89. The fourth-order valence-electron chi connectivity index (χ4n) is 3.86. The van der Waals surface area contributed by atoms with E-state index in [9.17, 15) is 8.78 Å². The highest BCUT2D eigenvalue weighted by atomic mass is 19.1. The molecule has 2 aromatic rings. The first-order valence-electron chi connectivity index (χ1n) is 7.38. The smallest absolute Gasteiger partial charge is 0.135 e. The minimum Gasteiger partial charge on any atom is -0.206 e. The van der Waals surface area contributed by atoms with Crippen molar-refractivity contribution in [3.63, 3.8) is 0 Å². The van der Waals surface area contributed by atoms with Crippen molar-refractivity contribution >= 4 is 0 Å². The molecule has 1 aromatic heterocycles. The van der Waals surface area contributed by atoms with Crippen molar-refractivity contribution < 1.29 is 8.78 Å². The molecule has 0 fully saturated rings. The van der Waals surface area contributed by atoms with E-state index < -0.39 is 11.6 Å². The van der Waals surface area contributed by atoms with Gasteiger partial charge < -0.3 is 0 Å². The molecule has 0 unspecified atom stereocenters. The third-order valence-corrected chi connectivity index (χ3v) is 5.61. The predicted octanol–water partition coefficient (Wildman–Crippen LogP) is 4.37. The highest BCUT2D eigenvalue weighted by molar-refractivity contribution is 5.64. The van der Waals surface area contributed by atoms with Crippen molar-refractivity contribution in [2.24, 2.45) is 5.41 Å². The minimum absolute atomic E-state index is 0.00356. The molecule has 4 rings (SSSR count). The molecule has 2 atom stereocenters. The van der Waals surface area contributed by atoms with E-state index in [1.807, 2.05) is 0 Å². The molecule has 0 radical (unpaired) electrons. The molecule has 2 nitrogen and oxygen atoms in total. The van der Waals surface area contributed by atoms with Crippen LogP contribution in [0.1, 0.15) is 37.9 Å². The molecule has 22 heavy (non-hydrogen) atoms. The topological polar surface area (TPSA) is 25.8 Å². The van der Waals surface area contributed by atoms with Gasteiger partial charge in [0, 0.05) is 11.3 Å². The number of allylic oxidation sites excluding steroid dienone is 2. The largest absolute Gasteiger partial charge is 0.206 e. The molecule has 0 spiro atoms. The van der Waals surface area contributed by atoms with Gasteiger partial charge in [0.2, 0.25) is 0 Å². The molecule has 0 saturated carbocycles. The molecule has 2 aliphatic carbocycles. The summed E-state index contributed by atoms with van der Waals surface area (Å²) in [6, 6.07) is 5.63. The Labute approximate surface area is 127 Å². The van der Waals surface area contributed by atoms with Crippen molar-refractivity contribution in [3.8, 4) is 11.3 Å². The van der Waals surface area contributed by atoms with Crippen LogP contribution in [-0.4, -0.2) is 10.2 Å². The van der Waals surface area contributed by atoms with E-state index in [1.54, 1.807) is 6.07 Å². The molecular formula is C18H16F2N2. The van der Waals surface area contributed by atoms with Gasteiger partial charge in [-0.05, 0) is 36.1 Å². The molecule has 0 saturated heterocycles. The van der Waals surface area contributed by atoms with E-state index >= 15 is 0 Å². The average molecular weight is 298 g/mol. The maximum absolute atomic E-state index is 14.0. The van der Waals surface area contributed by atoms with Gasteiger partial charge in [-0.3, -0.25) is 0 Å². The number of halogens is 2. The molecule has 0 aliphatic heterocycles. The Morgan fingerprint density at radius 3 is 2.41 bits per heavy atom. The van der Waals surface area contributed by atoms with E-state index in [0.29, 0.717) is 0 Å².